The minimum Gasteiger partial charge on any atom is -0.485 e. The number of nitrogens with one attached hydrogen (secondary N) is 1. The van der Waals surface area contributed by atoms with Crippen molar-refractivity contribution in [2.45, 2.75) is 6.04 Å². The Kier molecular flexibility index (Phi) is 5.71. The van der Waals surface area contributed by atoms with Gasteiger partial charge in [-0.2, -0.15) is 0 Å². The first-order chi connectivity index (χ1) is 8.99. The fraction of sp³-hybridized carbons (Fsp3) is 0.364. The highest BCUT2D eigenvalue weighted by Gasteiger charge is 2.21. The highest BCUT2D eigenvalue weighted by Crippen LogP contribution is 2.30. The van der Waals surface area contributed by atoms with E-state index in [2.05, 4.69) is 26.0 Å². The van der Waals surface area contributed by atoms with Gasteiger partial charge in [-0.25, -0.2) is 0 Å². The van der Waals surface area contributed by atoms with Crippen LogP contribution in [-0.2, 0) is 9.53 Å². The predicted octanol–water partition coefficient (Wildman–Crippen LogP) is 1.50. The molecule has 7 nitrogen and oxygen atoms in total. The third kappa shape index (κ3) is 4.18. The zero-order valence-corrected chi connectivity index (χ0v) is 12.0. The zero-order valence-electron chi connectivity index (χ0n) is 10.4. The molecule has 0 aliphatic rings. The van der Waals surface area contributed by atoms with Gasteiger partial charge in [0, 0.05) is 10.5 Å². The molecular weight excluding hydrogens is 320 g/mol. The molecule has 1 rings (SSSR count). The Morgan fingerprint density at radius 2 is 2.26 bits per heavy atom. The van der Waals surface area contributed by atoms with E-state index < -0.39 is 16.9 Å². The van der Waals surface area contributed by atoms with Crippen molar-refractivity contribution in [1.29, 1.82) is 0 Å². The maximum Gasteiger partial charge on any atom is 0.326 e. The molecular formula is C11H13BrN2O5. The highest BCUT2D eigenvalue weighted by molar-refractivity contribution is 9.10. The number of hydrogen-bond acceptors (Lipinski definition) is 6. The average molecular weight is 333 g/mol. The molecule has 0 aliphatic carbocycles. The molecule has 0 saturated carbocycles. The van der Waals surface area contributed by atoms with Crippen LogP contribution in [0, 0.1) is 10.1 Å². The van der Waals surface area contributed by atoms with E-state index >= 15 is 0 Å². The topological polar surface area (TPSA) is 90.7 Å². The van der Waals surface area contributed by atoms with Gasteiger partial charge in [-0.15, -0.1) is 0 Å². The second-order valence-corrected chi connectivity index (χ2v) is 4.46. The van der Waals surface area contributed by atoms with Gasteiger partial charge in [0.15, 0.2) is 5.75 Å². The molecule has 104 valence electrons. The quantitative estimate of drug-likeness (QED) is 0.482. The Hall–Kier alpha value is -1.67. The number of methoxy groups -OCH3 is 1. The lowest BCUT2D eigenvalue weighted by atomic mass is 10.3. The van der Waals surface area contributed by atoms with Gasteiger partial charge in [0.1, 0.15) is 12.6 Å². The van der Waals surface area contributed by atoms with Gasteiger partial charge >= 0.3 is 11.7 Å². The van der Waals surface area contributed by atoms with Gasteiger partial charge in [-0.05, 0) is 19.2 Å². The Labute approximate surface area is 118 Å². The van der Waals surface area contributed by atoms with Crippen molar-refractivity contribution in [2.75, 3.05) is 20.8 Å². The van der Waals surface area contributed by atoms with E-state index in [1.165, 1.54) is 19.2 Å². The number of ether oxygens (including phenoxy) is 2. The molecule has 0 spiro atoms. The fourth-order valence-electron chi connectivity index (χ4n) is 1.34. The van der Waals surface area contributed by atoms with E-state index in [9.17, 15) is 14.9 Å². The second kappa shape index (κ2) is 7.05. The number of nitrogens with zero attached hydrogens (tertiary/aromatic N) is 1. The molecule has 0 heterocycles. The number of carbonyl (C=O) groups excluding carboxylic acids is 1. The Morgan fingerprint density at radius 3 is 2.79 bits per heavy atom. The van der Waals surface area contributed by atoms with Crippen LogP contribution in [0.25, 0.3) is 0 Å². The van der Waals surface area contributed by atoms with Crippen molar-refractivity contribution in [3.8, 4) is 5.75 Å². The first-order valence-corrected chi connectivity index (χ1v) is 6.10. The summed E-state index contributed by atoms with van der Waals surface area (Å²) in [6, 6.07) is 3.73. The van der Waals surface area contributed by atoms with Crippen LogP contribution in [0.15, 0.2) is 22.7 Å². The van der Waals surface area contributed by atoms with Crippen molar-refractivity contribution < 1.29 is 19.2 Å². The van der Waals surface area contributed by atoms with Crippen molar-refractivity contribution in [3.05, 3.63) is 32.8 Å². The molecule has 0 radical (unpaired) electrons. The number of hydrogen-bond donors (Lipinski definition) is 1. The largest absolute Gasteiger partial charge is 0.485 e. The molecule has 0 amide bonds. The average Bonchev–Trinajstić information content (AvgIpc) is 2.40. The van der Waals surface area contributed by atoms with Crippen molar-refractivity contribution in [1.82, 2.24) is 5.32 Å². The number of nitro groups is 1. The SMILES string of the molecule is CNC(COc1ccc(Br)cc1[N+](=O)[O-])C(=O)OC. The normalized spacial score (nSPS) is 11.7. The van der Waals surface area contributed by atoms with Crippen molar-refractivity contribution in [3.63, 3.8) is 0 Å². The third-order valence-corrected chi connectivity index (χ3v) is 2.85. The summed E-state index contributed by atoms with van der Waals surface area (Å²) in [5.41, 5.74) is -0.172. The molecule has 1 aromatic rings. The molecule has 0 fully saturated rings. The zero-order chi connectivity index (χ0) is 14.4. The molecule has 0 aliphatic heterocycles. The third-order valence-electron chi connectivity index (χ3n) is 2.36. The summed E-state index contributed by atoms with van der Waals surface area (Å²) in [6.07, 6.45) is 0. The molecule has 1 unspecified atom stereocenters. The van der Waals surface area contributed by atoms with Crippen LogP contribution in [0.3, 0.4) is 0 Å². The first kappa shape index (κ1) is 15.4. The van der Waals surface area contributed by atoms with Crippen LogP contribution < -0.4 is 10.1 Å². The van der Waals surface area contributed by atoms with Crippen molar-refractivity contribution in [2.24, 2.45) is 0 Å². The summed E-state index contributed by atoms with van der Waals surface area (Å²) < 4.78 is 10.4. The molecule has 1 aromatic carbocycles. The lowest BCUT2D eigenvalue weighted by Crippen LogP contribution is -2.40. The summed E-state index contributed by atoms with van der Waals surface area (Å²) in [5, 5.41) is 13.6. The van der Waals surface area contributed by atoms with Gasteiger partial charge in [0.25, 0.3) is 0 Å². The number of nitro benzene ring substituents is 1. The molecule has 1 atom stereocenters. The standard InChI is InChI=1S/C11H13BrN2O5/c1-13-8(11(15)18-2)6-19-10-4-3-7(12)5-9(10)14(16)17/h3-5,8,13H,6H2,1-2H3. The number of likely N-dealkylation sites (N-methyl/N-ethyl adjacent to an activating group) is 1. The Balaban J connectivity index is 2.82. The molecule has 19 heavy (non-hydrogen) atoms. The lowest BCUT2D eigenvalue weighted by Gasteiger charge is -2.14. The summed E-state index contributed by atoms with van der Waals surface area (Å²) in [4.78, 5) is 21.7. The van der Waals surface area contributed by atoms with Gasteiger partial charge in [0.2, 0.25) is 0 Å². The van der Waals surface area contributed by atoms with Crippen LogP contribution >= 0.6 is 15.9 Å². The highest BCUT2D eigenvalue weighted by atomic mass is 79.9. The van der Waals surface area contributed by atoms with E-state index in [1.807, 2.05) is 0 Å². The summed E-state index contributed by atoms with van der Waals surface area (Å²) in [6.45, 7) is -0.0638. The molecule has 0 saturated heterocycles. The van der Waals surface area contributed by atoms with Crippen LogP contribution in [0.2, 0.25) is 0 Å². The van der Waals surface area contributed by atoms with Crippen LogP contribution in [-0.4, -0.2) is 37.7 Å². The Bertz CT molecular complexity index is 480. The molecule has 0 aromatic heterocycles. The smallest absolute Gasteiger partial charge is 0.326 e. The van der Waals surface area contributed by atoms with Gasteiger partial charge in [-0.1, -0.05) is 15.9 Å². The Morgan fingerprint density at radius 1 is 1.58 bits per heavy atom. The maximum atomic E-state index is 11.3. The van der Waals surface area contributed by atoms with E-state index in [-0.39, 0.29) is 18.0 Å². The van der Waals surface area contributed by atoms with Gasteiger partial charge < -0.3 is 14.8 Å². The predicted molar refractivity (Wildman–Crippen MR) is 71.2 cm³/mol. The monoisotopic (exact) mass is 332 g/mol. The van der Waals surface area contributed by atoms with Crippen LogP contribution in [0.5, 0.6) is 5.75 Å². The summed E-state index contributed by atoms with van der Waals surface area (Å²) in [7, 11) is 2.83. The van der Waals surface area contributed by atoms with E-state index in [0.717, 1.165) is 0 Å². The minimum atomic E-state index is -0.687. The van der Waals surface area contributed by atoms with Gasteiger partial charge in [-0.3, -0.25) is 14.9 Å². The van der Waals surface area contributed by atoms with E-state index in [1.54, 1.807) is 13.1 Å². The number of halogens is 1. The number of esters is 1. The molecule has 8 heteroatoms. The molecule has 1 N–H and O–H groups in total. The van der Waals surface area contributed by atoms with Crippen LogP contribution in [0.4, 0.5) is 5.69 Å². The number of benzene rings is 1. The maximum absolute atomic E-state index is 11.3. The van der Waals surface area contributed by atoms with Crippen LogP contribution in [0.1, 0.15) is 0 Å². The number of rotatable bonds is 6. The van der Waals surface area contributed by atoms with Crippen molar-refractivity contribution >= 4 is 27.6 Å². The van der Waals surface area contributed by atoms with Gasteiger partial charge in [0.05, 0.1) is 12.0 Å². The summed E-state index contributed by atoms with van der Waals surface area (Å²) >= 11 is 3.15. The molecule has 0 bridgehead atoms. The second-order valence-electron chi connectivity index (χ2n) is 3.54. The first-order valence-electron chi connectivity index (χ1n) is 5.31. The summed E-state index contributed by atoms with van der Waals surface area (Å²) in [5.74, 6) is -0.403. The van der Waals surface area contributed by atoms with E-state index in [4.69, 9.17) is 4.74 Å². The lowest BCUT2D eigenvalue weighted by molar-refractivity contribution is -0.386. The van der Waals surface area contributed by atoms with E-state index in [0.29, 0.717) is 4.47 Å². The minimum absolute atomic E-state index is 0.0638. The number of carbonyl (C=O) groups is 1. The fourth-order valence-corrected chi connectivity index (χ4v) is 1.69.